The van der Waals surface area contributed by atoms with Gasteiger partial charge in [-0.05, 0) is 0 Å². The molecule has 0 radical (unpaired) electrons. The first kappa shape index (κ1) is 13.7. The van der Waals surface area contributed by atoms with Gasteiger partial charge in [0.2, 0.25) is 0 Å². The number of piperazine rings is 1. The zero-order valence-corrected chi connectivity index (χ0v) is 9.92. The molecule has 0 aromatic carbocycles. The first-order valence-electron chi connectivity index (χ1n) is 5.39. The standard InChI is InChI=1S/C12H14N2O4/c1-3-9-17-11(15)13-5-7-14(8-6-13)12(16)18-10-4-2/h1-2H,5-10H2. The van der Waals surface area contributed by atoms with Gasteiger partial charge in [-0.1, -0.05) is 11.8 Å². The van der Waals surface area contributed by atoms with Crippen LogP contribution in [0.25, 0.3) is 0 Å². The van der Waals surface area contributed by atoms with Gasteiger partial charge in [-0.25, -0.2) is 9.59 Å². The number of ether oxygens (including phenoxy) is 2. The summed E-state index contributed by atoms with van der Waals surface area (Å²) in [6.07, 6.45) is 9.03. The Kier molecular flexibility index (Phi) is 5.40. The Labute approximate surface area is 106 Å². The molecule has 0 spiro atoms. The SMILES string of the molecule is C#CCOC(=O)N1CCN(C(=O)OCC#C)CC1. The van der Waals surface area contributed by atoms with Crippen LogP contribution >= 0.6 is 0 Å². The van der Waals surface area contributed by atoms with Crippen LogP contribution in [0.15, 0.2) is 0 Å². The normalized spacial score (nSPS) is 14.3. The van der Waals surface area contributed by atoms with Gasteiger partial charge in [-0.15, -0.1) is 12.8 Å². The predicted octanol–water partition coefficient (Wildman–Crippen LogP) is 0.144. The van der Waals surface area contributed by atoms with Gasteiger partial charge in [0, 0.05) is 26.2 Å². The number of hydrogen-bond donors (Lipinski definition) is 0. The molecule has 1 rings (SSSR count). The van der Waals surface area contributed by atoms with Crippen LogP contribution in [0.3, 0.4) is 0 Å². The van der Waals surface area contributed by atoms with E-state index < -0.39 is 12.2 Å². The number of carbonyl (C=O) groups is 2. The minimum atomic E-state index is -0.468. The van der Waals surface area contributed by atoms with E-state index in [2.05, 4.69) is 11.8 Å². The van der Waals surface area contributed by atoms with Crippen molar-refractivity contribution in [3.63, 3.8) is 0 Å². The number of hydrogen-bond acceptors (Lipinski definition) is 4. The van der Waals surface area contributed by atoms with E-state index in [1.807, 2.05) is 0 Å². The van der Waals surface area contributed by atoms with Crippen molar-refractivity contribution in [3.8, 4) is 24.7 Å². The second-order valence-electron chi connectivity index (χ2n) is 3.49. The maximum absolute atomic E-state index is 11.5. The molecule has 0 atom stereocenters. The lowest BCUT2D eigenvalue weighted by Crippen LogP contribution is -2.50. The summed E-state index contributed by atoms with van der Waals surface area (Å²) >= 11 is 0. The van der Waals surface area contributed by atoms with Crippen LogP contribution in [0.4, 0.5) is 9.59 Å². The molecule has 1 heterocycles. The Hall–Kier alpha value is -2.34. The Morgan fingerprint density at radius 3 is 1.50 bits per heavy atom. The Morgan fingerprint density at radius 2 is 1.22 bits per heavy atom. The van der Waals surface area contributed by atoms with Crippen molar-refractivity contribution in [2.75, 3.05) is 39.4 Å². The summed E-state index contributed by atoms with van der Waals surface area (Å²) in [7, 11) is 0. The third-order valence-electron chi connectivity index (χ3n) is 2.35. The van der Waals surface area contributed by atoms with E-state index in [9.17, 15) is 9.59 Å². The summed E-state index contributed by atoms with van der Waals surface area (Å²) in [5.41, 5.74) is 0. The highest BCUT2D eigenvalue weighted by Crippen LogP contribution is 2.05. The van der Waals surface area contributed by atoms with E-state index in [4.69, 9.17) is 22.3 Å². The molecule has 96 valence electrons. The van der Waals surface area contributed by atoms with Gasteiger partial charge in [0.1, 0.15) is 0 Å². The molecule has 0 aliphatic carbocycles. The van der Waals surface area contributed by atoms with Crippen LogP contribution in [-0.4, -0.2) is 61.4 Å². The van der Waals surface area contributed by atoms with Gasteiger partial charge in [0.15, 0.2) is 13.2 Å². The number of nitrogens with zero attached hydrogens (tertiary/aromatic N) is 2. The highest BCUT2D eigenvalue weighted by Gasteiger charge is 2.25. The molecule has 6 heteroatoms. The van der Waals surface area contributed by atoms with Crippen molar-refractivity contribution in [2.24, 2.45) is 0 Å². The second kappa shape index (κ2) is 7.08. The fourth-order valence-electron chi connectivity index (χ4n) is 1.46. The molecule has 2 amide bonds. The average molecular weight is 250 g/mol. The highest BCUT2D eigenvalue weighted by molar-refractivity contribution is 5.70. The van der Waals surface area contributed by atoms with Crippen molar-refractivity contribution in [2.45, 2.75) is 0 Å². The van der Waals surface area contributed by atoms with Gasteiger partial charge in [-0.3, -0.25) is 0 Å². The molecule has 0 bridgehead atoms. The van der Waals surface area contributed by atoms with Crippen molar-refractivity contribution in [1.29, 1.82) is 0 Å². The first-order chi connectivity index (χ1) is 8.69. The summed E-state index contributed by atoms with van der Waals surface area (Å²) in [6.45, 7) is 1.43. The summed E-state index contributed by atoms with van der Waals surface area (Å²) in [4.78, 5) is 25.9. The molecule has 1 aliphatic heterocycles. The predicted molar refractivity (Wildman–Crippen MR) is 63.5 cm³/mol. The summed E-state index contributed by atoms with van der Waals surface area (Å²) in [5, 5.41) is 0. The van der Waals surface area contributed by atoms with Crippen LogP contribution in [0.5, 0.6) is 0 Å². The van der Waals surface area contributed by atoms with Crippen LogP contribution in [0.1, 0.15) is 0 Å². The molecular weight excluding hydrogens is 236 g/mol. The topological polar surface area (TPSA) is 59.1 Å². The van der Waals surface area contributed by atoms with Crippen molar-refractivity contribution in [1.82, 2.24) is 9.80 Å². The largest absolute Gasteiger partial charge is 0.436 e. The molecule has 0 unspecified atom stereocenters. The van der Waals surface area contributed by atoms with E-state index >= 15 is 0 Å². The number of carbonyl (C=O) groups excluding carboxylic acids is 2. The van der Waals surface area contributed by atoms with Gasteiger partial charge < -0.3 is 19.3 Å². The van der Waals surface area contributed by atoms with Crippen molar-refractivity contribution in [3.05, 3.63) is 0 Å². The molecule has 6 nitrogen and oxygen atoms in total. The van der Waals surface area contributed by atoms with Gasteiger partial charge in [-0.2, -0.15) is 0 Å². The van der Waals surface area contributed by atoms with Crippen LogP contribution < -0.4 is 0 Å². The number of amides is 2. The summed E-state index contributed by atoms with van der Waals surface area (Å²) in [5.74, 6) is 4.43. The third-order valence-corrected chi connectivity index (χ3v) is 2.35. The maximum atomic E-state index is 11.5. The molecule has 1 saturated heterocycles. The highest BCUT2D eigenvalue weighted by atomic mass is 16.6. The quantitative estimate of drug-likeness (QED) is 0.654. The number of terminal acetylenes is 2. The lowest BCUT2D eigenvalue weighted by atomic mass is 10.3. The molecule has 0 aromatic heterocycles. The molecule has 18 heavy (non-hydrogen) atoms. The van der Waals surface area contributed by atoms with E-state index in [0.717, 1.165) is 0 Å². The van der Waals surface area contributed by atoms with Crippen LogP contribution in [-0.2, 0) is 9.47 Å². The second-order valence-corrected chi connectivity index (χ2v) is 3.49. The molecular formula is C12H14N2O4. The third kappa shape index (κ3) is 3.91. The fraction of sp³-hybridized carbons (Fsp3) is 0.500. The van der Waals surface area contributed by atoms with E-state index in [0.29, 0.717) is 26.2 Å². The fourth-order valence-corrected chi connectivity index (χ4v) is 1.46. The van der Waals surface area contributed by atoms with E-state index in [1.54, 1.807) is 0 Å². The zero-order chi connectivity index (χ0) is 13.4. The number of rotatable bonds is 2. The summed E-state index contributed by atoms with van der Waals surface area (Å²) < 4.78 is 9.56. The molecule has 0 aromatic rings. The van der Waals surface area contributed by atoms with Gasteiger partial charge in [0.05, 0.1) is 0 Å². The lowest BCUT2D eigenvalue weighted by molar-refractivity contribution is 0.0694. The molecule has 0 N–H and O–H groups in total. The van der Waals surface area contributed by atoms with Crippen molar-refractivity contribution >= 4 is 12.2 Å². The van der Waals surface area contributed by atoms with Crippen LogP contribution in [0, 0.1) is 24.7 Å². The lowest BCUT2D eigenvalue weighted by Gasteiger charge is -2.33. The first-order valence-corrected chi connectivity index (χ1v) is 5.39. The maximum Gasteiger partial charge on any atom is 0.410 e. The Balaban J connectivity index is 2.33. The van der Waals surface area contributed by atoms with Crippen LogP contribution in [0.2, 0.25) is 0 Å². The minimum Gasteiger partial charge on any atom is -0.436 e. The molecule has 0 saturated carbocycles. The minimum absolute atomic E-state index is 0.0523. The zero-order valence-electron chi connectivity index (χ0n) is 9.92. The monoisotopic (exact) mass is 250 g/mol. The Bertz CT molecular complexity index is 348. The summed E-state index contributed by atoms with van der Waals surface area (Å²) in [6, 6.07) is 0. The molecule has 1 fully saturated rings. The van der Waals surface area contributed by atoms with E-state index in [-0.39, 0.29) is 13.2 Å². The smallest absolute Gasteiger partial charge is 0.410 e. The van der Waals surface area contributed by atoms with Gasteiger partial charge >= 0.3 is 12.2 Å². The molecule has 1 aliphatic rings. The Morgan fingerprint density at radius 1 is 0.889 bits per heavy atom. The van der Waals surface area contributed by atoms with Gasteiger partial charge in [0.25, 0.3) is 0 Å². The average Bonchev–Trinajstić information content (AvgIpc) is 2.42. The van der Waals surface area contributed by atoms with E-state index in [1.165, 1.54) is 9.80 Å². The van der Waals surface area contributed by atoms with Crippen molar-refractivity contribution < 1.29 is 19.1 Å².